The van der Waals surface area contributed by atoms with E-state index in [-0.39, 0.29) is 0 Å². The minimum Gasteiger partial charge on any atom is -0.330 e. The molecule has 87 heavy (non-hydrogen) atoms. The Hall–Kier alpha value is -0.430. The molecule has 0 aliphatic rings. The van der Waals surface area contributed by atoms with E-state index in [1.54, 1.807) is 0 Å². The highest BCUT2D eigenvalue weighted by molar-refractivity contribution is 8.01. The molecule has 0 spiro atoms. The number of carbonyl (C=O) groups is 1. The number of nitrogens with zero attached hydrogens (tertiary/aromatic N) is 8. The largest absolute Gasteiger partial charge is 0.330 e. The molecule has 0 aromatic heterocycles. The summed E-state index contributed by atoms with van der Waals surface area (Å²) >= 11 is 0. The van der Waals surface area contributed by atoms with Crippen LogP contribution in [0.3, 0.4) is 0 Å². The summed E-state index contributed by atoms with van der Waals surface area (Å²) in [6.07, 6.45) is 12.3. The Morgan fingerprint density at radius 1 is 0.322 bits per heavy atom. The third kappa shape index (κ3) is 66.8. The molecule has 0 fully saturated rings. The first-order chi connectivity index (χ1) is 42.4. The van der Waals surface area contributed by atoms with Crippen molar-refractivity contribution < 1.29 is 4.79 Å². The molecular formula is C60H150N24OP2. The van der Waals surface area contributed by atoms with Crippen LogP contribution in [0.5, 0.6) is 0 Å². The number of hydrogen-bond donors (Lipinski definition) is 16. The molecule has 0 heterocycles. The number of unbranched alkanes of at least 4 members (excludes halogenated alkanes) is 5. The number of carbonyl (C=O) groups excluding carboxylic acids is 1. The van der Waals surface area contributed by atoms with Crippen molar-refractivity contribution in [3.8, 4) is 0 Å². The summed E-state index contributed by atoms with van der Waals surface area (Å²) in [5, 5.41) is 17.6. The van der Waals surface area contributed by atoms with Crippen molar-refractivity contribution in [3.05, 3.63) is 0 Å². The smallest absolute Gasteiger partial charge is 0.119 e. The summed E-state index contributed by atoms with van der Waals surface area (Å²) in [4.78, 5) is 29.9. The molecule has 0 aromatic carbocycles. The van der Waals surface area contributed by atoms with Crippen molar-refractivity contribution in [2.45, 2.75) is 85.0 Å². The van der Waals surface area contributed by atoms with Crippen LogP contribution < -0.4 is 89.4 Å². The fourth-order valence-electron chi connectivity index (χ4n) is 10.3. The van der Waals surface area contributed by atoms with Crippen molar-refractivity contribution in [2.75, 3.05) is 288 Å². The maximum atomic E-state index is 10.0. The van der Waals surface area contributed by atoms with Crippen LogP contribution in [-0.4, -0.2) is 333 Å². The molecule has 526 valence electrons. The molecule has 0 radical (unpaired) electrons. The third-order valence-corrected chi connectivity index (χ3v) is 16.3. The highest BCUT2D eigenvalue weighted by Gasteiger charge is 2.15. The molecule has 25 nitrogen and oxygen atoms in total. The molecule has 27 N–H and O–H groups in total. The fraction of sp³-hybridized carbons (Fsp3) is 0.983. The monoisotopic (exact) mass is 1290 g/mol. The molecule has 0 saturated carbocycles. The lowest BCUT2D eigenvalue weighted by Gasteiger charge is -2.30. The van der Waals surface area contributed by atoms with Gasteiger partial charge in [0.1, 0.15) is 6.29 Å². The third-order valence-electron chi connectivity index (χ3n) is 15.2. The van der Waals surface area contributed by atoms with E-state index in [2.05, 4.69) is 95.3 Å². The Balaban J connectivity index is -0.00000138. The van der Waals surface area contributed by atoms with Gasteiger partial charge < -0.3 is 98.9 Å². The van der Waals surface area contributed by atoms with Gasteiger partial charge in [0.25, 0.3) is 0 Å². The summed E-state index contributed by atoms with van der Waals surface area (Å²) in [7, 11) is 3.45. The first kappa shape index (κ1) is 90.8. The first-order valence-corrected chi connectivity index (χ1v) is 37.2. The Morgan fingerprint density at radius 3 is 0.874 bits per heavy atom. The predicted octanol–water partition coefficient (Wildman–Crippen LogP) is -3.36. The second-order valence-electron chi connectivity index (χ2n) is 23.4. The molecule has 0 bridgehead atoms. The van der Waals surface area contributed by atoms with Crippen molar-refractivity contribution in [1.82, 2.24) is 65.6 Å². The second kappa shape index (κ2) is 74.6. The van der Waals surface area contributed by atoms with Crippen LogP contribution in [0.15, 0.2) is 0 Å². The van der Waals surface area contributed by atoms with E-state index < -0.39 is 0 Å². The lowest BCUT2D eigenvalue weighted by atomic mass is 9.94. The van der Waals surface area contributed by atoms with Gasteiger partial charge in [-0.2, -0.15) is 0 Å². The number of aldehydes is 1. The van der Waals surface area contributed by atoms with Gasteiger partial charge in [-0.1, -0.05) is 49.0 Å². The van der Waals surface area contributed by atoms with E-state index >= 15 is 0 Å². The van der Waals surface area contributed by atoms with Crippen LogP contribution in [0.4, 0.5) is 0 Å². The van der Waals surface area contributed by atoms with Crippen LogP contribution in [-0.2, 0) is 4.79 Å². The Morgan fingerprint density at radius 2 is 0.598 bits per heavy atom. The summed E-state index contributed by atoms with van der Waals surface area (Å²) in [6, 6.07) is 0. The fourth-order valence-corrected chi connectivity index (χ4v) is 11.0. The van der Waals surface area contributed by atoms with Gasteiger partial charge >= 0.3 is 0 Å². The standard InChI is InChI=1S/C25H66N12P2.C25H64N12.C10H20O/c26-4-2-1-3-14-34(22-24-35(15-6-28)16-7-29)23-25-37(19-10-31-9-5-27)20-12-32-11-18-36(17-8-30)21-13-33-39-38;26-4-2-1-3-14-34(22-24-36(17-8-30)18-9-31)23-25-37(20-11-32-10-5-27)21-13-33-12-19-35(15-6-28)16-7-29;1-9(2)8-10(3)6-4-5-7-11/h31-33,39H,1-30,38H2;32-33H,1-31H2;7,9-10H,4-6,8H2,1-3H3. The highest BCUT2D eigenvalue weighted by atomic mass is 32.0. The minimum atomic E-state index is 0.669. The van der Waals surface area contributed by atoms with E-state index in [0.717, 1.165) is 273 Å². The SMILES string of the molecule is CC(C)CC(C)CCCC=O.NCCCCCN(CCN(CCN)CCN)CCN(CCNCCN)CCNCCN(CCN)CCN.NCCCCCN(CCN(CCN)CCN)CCN(CCNCCN)CCNCCN(CCN)CCNPP. The van der Waals surface area contributed by atoms with Crippen LogP contribution in [0.1, 0.15) is 85.0 Å². The van der Waals surface area contributed by atoms with Gasteiger partial charge in [0.2, 0.25) is 0 Å². The van der Waals surface area contributed by atoms with Crippen molar-refractivity contribution in [2.24, 2.45) is 74.9 Å². The van der Waals surface area contributed by atoms with Crippen LogP contribution in [0.25, 0.3) is 0 Å². The van der Waals surface area contributed by atoms with Crippen molar-refractivity contribution in [1.29, 1.82) is 0 Å². The molecular weight excluding hydrogens is 1130 g/mol. The highest BCUT2D eigenvalue weighted by Crippen LogP contribution is 2.16. The van der Waals surface area contributed by atoms with E-state index in [4.69, 9.17) is 63.1 Å². The van der Waals surface area contributed by atoms with Crippen LogP contribution in [0.2, 0.25) is 0 Å². The molecule has 0 aromatic rings. The van der Waals surface area contributed by atoms with Crippen LogP contribution in [0, 0.1) is 11.8 Å². The minimum absolute atomic E-state index is 0.669. The molecule has 0 saturated heterocycles. The quantitative estimate of drug-likeness (QED) is 0.0161. The summed E-state index contributed by atoms with van der Waals surface area (Å²) in [5.74, 6) is 1.58. The van der Waals surface area contributed by atoms with Gasteiger partial charge in [0.15, 0.2) is 0 Å². The number of rotatable bonds is 68. The average Bonchev–Trinajstić information content (AvgIpc) is 3.55. The number of hydrogen-bond acceptors (Lipinski definition) is 25. The van der Waals surface area contributed by atoms with Gasteiger partial charge in [0.05, 0.1) is 0 Å². The van der Waals surface area contributed by atoms with Crippen molar-refractivity contribution in [3.63, 3.8) is 0 Å². The van der Waals surface area contributed by atoms with Crippen LogP contribution >= 0.6 is 17.3 Å². The Labute approximate surface area is 539 Å². The Kier molecular flexibility index (Phi) is 77.8. The Bertz CT molecular complexity index is 1290. The number of nitrogens with one attached hydrogen (secondary N) is 5. The molecule has 0 aliphatic heterocycles. The van der Waals surface area contributed by atoms with E-state index in [0.29, 0.717) is 67.3 Å². The first-order valence-electron chi connectivity index (χ1n) is 34.4. The van der Waals surface area contributed by atoms with Gasteiger partial charge in [0, 0.05) is 268 Å². The lowest BCUT2D eigenvalue weighted by molar-refractivity contribution is -0.108. The van der Waals surface area contributed by atoms with E-state index in [1.807, 2.05) is 0 Å². The molecule has 0 aliphatic carbocycles. The van der Waals surface area contributed by atoms with Gasteiger partial charge in [-0.3, -0.25) is 34.5 Å². The summed E-state index contributed by atoms with van der Waals surface area (Å²) in [6.45, 7) is 46.9. The second-order valence-corrected chi connectivity index (χ2v) is 24.9. The van der Waals surface area contributed by atoms with E-state index in [9.17, 15) is 4.79 Å². The zero-order valence-corrected chi connectivity index (χ0v) is 59.0. The molecule has 27 heteroatoms. The zero-order valence-electron chi connectivity index (χ0n) is 56.8. The summed E-state index contributed by atoms with van der Waals surface area (Å²) < 4.78 is 0. The lowest BCUT2D eigenvalue weighted by Crippen LogP contribution is -2.45. The average molecular weight is 1290 g/mol. The molecule has 0 rings (SSSR count). The van der Waals surface area contributed by atoms with Gasteiger partial charge in [-0.25, -0.2) is 0 Å². The van der Waals surface area contributed by atoms with Crippen molar-refractivity contribution >= 4 is 23.6 Å². The molecule has 3 atom stereocenters. The topological polar surface area (TPSA) is 389 Å². The summed E-state index contributed by atoms with van der Waals surface area (Å²) in [5.41, 5.74) is 63.3. The molecule has 3 unspecified atom stereocenters. The maximum absolute atomic E-state index is 10.0. The maximum Gasteiger partial charge on any atom is 0.119 e. The zero-order chi connectivity index (χ0) is 64.9. The van der Waals surface area contributed by atoms with E-state index in [1.165, 1.54) is 38.5 Å². The molecule has 0 amide bonds. The normalized spacial score (nSPS) is 12.5. The predicted molar refractivity (Wildman–Crippen MR) is 385 cm³/mol. The van der Waals surface area contributed by atoms with Gasteiger partial charge in [-0.05, 0) is 85.0 Å². The number of nitrogens with two attached hydrogens (primary N) is 11. The van der Waals surface area contributed by atoms with Gasteiger partial charge in [-0.15, -0.1) is 0 Å².